The van der Waals surface area contributed by atoms with Gasteiger partial charge < -0.3 is 19.8 Å². The van der Waals surface area contributed by atoms with Crippen LogP contribution in [0.2, 0.25) is 0 Å². The van der Waals surface area contributed by atoms with Gasteiger partial charge in [0.2, 0.25) is 17.7 Å². The number of carbonyl (C=O) groups excluding carboxylic acids is 3. The Labute approximate surface area is 258 Å². The number of para-hydroxylation sites is 1. The molecule has 3 saturated heterocycles. The summed E-state index contributed by atoms with van der Waals surface area (Å²) in [5.74, 6) is -1.34. The van der Waals surface area contributed by atoms with Crippen LogP contribution in [0.5, 0.6) is 0 Å². The molecule has 0 saturated carbocycles. The third-order valence-electron chi connectivity index (χ3n) is 9.37. The number of rotatable bonds is 15. The number of amides is 3. The number of thioether (sulfide) groups is 1. The van der Waals surface area contributed by atoms with E-state index in [0.717, 1.165) is 30.3 Å². The Morgan fingerprint density at radius 1 is 1.12 bits per heavy atom. The monoisotopic (exact) mass is 608 g/mol. The predicted octanol–water partition coefficient (Wildman–Crippen LogP) is 3.47. The van der Waals surface area contributed by atoms with Crippen LogP contribution >= 0.6 is 11.8 Å². The van der Waals surface area contributed by atoms with Gasteiger partial charge in [0.15, 0.2) is 0 Å². The first-order valence-electron chi connectivity index (χ1n) is 15.5. The van der Waals surface area contributed by atoms with Gasteiger partial charge in [-0.15, -0.1) is 30.0 Å². The van der Waals surface area contributed by atoms with Crippen molar-refractivity contribution in [3.63, 3.8) is 0 Å². The minimum absolute atomic E-state index is 0.0120. The van der Waals surface area contributed by atoms with Crippen LogP contribution in [0.1, 0.15) is 52.4 Å². The SMILES string of the molecule is C=CCN(Cn1nnc2ccccc21)C(=O)C1N(CCCCCO)C(=O)[C@@H]2[C@H](C(=O)N(CC=C)CCC)[C@]3(C)CCC12S3. The molecule has 3 aliphatic heterocycles. The molecule has 0 radical (unpaired) electrons. The molecule has 43 heavy (non-hydrogen) atoms. The van der Waals surface area contributed by atoms with Gasteiger partial charge in [0.05, 0.1) is 22.1 Å². The highest BCUT2D eigenvalue weighted by Crippen LogP contribution is 2.71. The molecule has 0 aliphatic carbocycles. The normalized spacial score (nSPS) is 27.5. The van der Waals surface area contributed by atoms with Crippen molar-refractivity contribution in [2.45, 2.75) is 74.6 Å². The molecule has 10 nitrogen and oxygen atoms in total. The molecular weight excluding hydrogens is 564 g/mol. The van der Waals surface area contributed by atoms with E-state index in [1.807, 2.05) is 36.1 Å². The van der Waals surface area contributed by atoms with Crippen molar-refractivity contribution in [1.82, 2.24) is 29.7 Å². The zero-order chi connectivity index (χ0) is 30.8. The van der Waals surface area contributed by atoms with E-state index in [-0.39, 0.29) is 37.5 Å². The fourth-order valence-corrected chi connectivity index (χ4v) is 9.88. The van der Waals surface area contributed by atoms with Gasteiger partial charge in [-0.05, 0) is 57.6 Å². The predicted molar refractivity (Wildman–Crippen MR) is 168 cm³/mol. The highest BCUT2D eigenvalue weighted by atomic mass is 32.2. The van der Waals surface area contributed by atoms with E-state index >= 15 is 0 Å². The molecule has 11 heteroatoms. The standard InChI is InChI=1S/C32H44N6O4S/c1-5-17-35(18-6-2)28(40)25-26-29(41)37(20-11-8-12-21-39)27(32(26)16-15-31(25,4)43-32)30(42)36(19-7-3)22-38-24-14-10-9-13-23(24)33-34-38/h5,7,9-10,13-14,25-27,39H,1,3,6,8,11-12,15-22H2,2,4H3/t25-,26+,27?,31+,32?/m1/s1. The lowest BCUT2D eigenvalue weighted by molar-refractivity contribution is -0.146. The lowest BCUT2D eigenvalue weighted by Crippen LogP contribution is -2.55. The van der Waals surface area contributed by atoms with E-state index in [0.29, 0.717) is 38.9 Å². The zero-order valence-corrected chi connectivity index (χ0v) is 26.2. The fraction of sp³-hybridized carbons (Fsp3) is 0.594. The Hall–Kier alpha value is -3.18. The Morgan fingerprint density at radius 2 is 1.86 bits per heavy atom. The first-order chi connectivity index (χ1) is 20.8. The van der Waals surface area contributed by atoms with Crippen molar-refractivity contribution in [2.75, 3.05) is 32.8 Å². The van der Waals surface area contributed by atoms with Crippen LogP contribution in [-0.2, 0) is 21.1 Å². The molecular formula is C32H44N6O4S. The number of aliphatic hydroxyl groups is 1. The van der Waals surface area contributed by atoms with Crippen LogP contribution in [0.15, 0.2) is 49.6 Å². The molecule has 1 aromatic heterocycles. The van der Waals surface area contributed by atoms with Crippen LogP contribution < -0.4 is 0 Å². The second-order valence-electron chi connectivity index (χ2n) is 12.2. The second kappa shape index (κ2) is 12.8. The summed E-state index contributed by atoms with van der Waals surface area (Å²) >= 11 is 1.69. The fourth-order valence-electron chi connectivity index (χ4n) is 7.54. The van der Waals surface area contributed by atoms with Gasteiger partial charge >= 0.3 is 0 Å². The summed E-state index contributed by atoms with van der Waals surface area (Å²) in [6.07, 6.45) is 7.77. The van der Waals surface area contributed by atoms with Crippen molar-refractivity contribution < 1.29 is 19.5 Å². The van der Waals surface area contributed by atoms with Crippen LogP contribution in [0.3, 0.4) is 0 Å². The zero-order valence-electron chi connectivity index (χ0n) is 25.4. The van der Waals surface area contributed by atoms with Crippen LogP contribution in [0.4, 0.5) is 0 Å². The Balaban J connectivity index is 1.52. The largest absolute Gasteiger partial charge is 0.396 e. The summed E-state index contributed by atoms with van der Waals surface area (Å²) in [6.45, 7) is 13.9. The molecule has 232 valence electrons. The number of nitrogens with zero attached hydrogens (tertiary/aromatic N) is 6. The molecule has 3 amide bonds. The van der Waals surface area contributed by atoms with Crippen LogP contribution in [0, 0.1) is 11.8 Å². The molecule has 1 aromatic carbocycles. The highest BCUT2D eigenvalue weighted by molar-refractivity contribution is 8.02. The first kappa shape index (κ1) is 31.3. The van der Waals surface area contributed by atoms with E-state index in [1.165, 1.54) is 0 Å². The van der Waals surface area contributed by atoms with Crippen molar-refractivity contribution >= 4 is 40.5 Å². The summed E-state index contributed by atoms with van der Waals surface area (Å²) in [6, 6.07) is 6.90. The van der Waals surface area contributed by atoms with Gasteiger partial charge in [0.25, 0.3) is 0 Å². The van der Waals surface area contributed by atoms with Crippen molar-refractivity contribution in [1.29, 1.82) is 0 Å². The summed E-state index contributed by atoms with van der Waals surface area (Å²) in [5, 5.41) is 17.9. The lowest BCUT2D eigenvalue weighted by atomic mass is 9.66. The van der Waals surface area contributed by atoms with Gasteiger partial charge in [-0.25, -0.2) is 4.68 Å². The van der Waals surface area contributed by atoms with E-state index < -0.39 is 27.4 Å². The maximum absolute atomic E-state index is 14.7. The van der Waals surface area contributed by atoms with Crippen LogP contribution in [0.25, 0.3) is 11.0 Å². The number of benzene rings is 1. The van der Waals surface area contributed by atoms with Crippen LogP contribution in [-0.4, -0.2) is 101 Å². The summed E-state index contributed by atoms with van der Waals surface area (Å²) < 4.78 is 0.576. The number of aromatic nitrogens is 3. The average Bonchev–Trinajstić information content (AvgIpc) is 3.70. The highest BCUT2D eigenvalue weighted by Gasteiger charge is 2.77. The number of hydrogen-bond acceptors (Lipinski definition) is 7. The van der Waals surface area contributed by atoms with E-state index in [1.54, 1.807) is 38.4 Å². The average molecular weight is 609 g/mol. The Kier molecular flexibility index (Phi) is 9.31. The molecule has 2 aromatic rings. The summed E-state index contributed by atoms with van der Waals surface area (Å²) in [4.78, 5) is 48.7. The number of likely N-dealkylation sites (tertiary alicyclic amines) is 1. The number of hydrogen-bond donors (Lipinski definition) is 1. The molecule has 5 rings (SSSR count). The summed E-state index contributed by atoms with van der Waals surface area (Å²) in [5.41, 5.74) is 1.56. The molecule has 1 spiro atoms. The molecule has 2 bridgehead atoms. The first-order valence-corrected chi connectivity index (χ1v) is 16.3. The van der Waals surface area contributed by atoms with E-state index in [4.69, 9.17) is 0 Å². The van der Waals surface area contributed by atoms with Crippen molar-refractivity contribution in [2.24, 2.45) is 11.8 Å². The Bertz CT molecular complexity index is 1380. The topological polar surface area (TPSA) is 112 Å². The maximum atomic E-state index is 14.7. The quantitative estimate of drug-likeness (QED) is 0.244. The molecule has 1 N–H and O–H groups in total. The summed E-state index contributed by atoms with van der Waals surface area (Å²) in [7, 11) is 0. The van der Waals surface area contributed by atoms with Crippen molar-refractivity contribution in [3.05, 3.63) is 49.6 Å². The van der Waals surface area contributed by atoms with Gasteiger partial charge in [-0.3, -0.25) is 14.4 Å². The molecule has 3 fully saturated rings. The third-order valence-corrected chi connectivity index (χ3v) is 11.4. The second-order valence-corrected chi connectivity index (χ2v) is 14.1. The number of fused-ring (bicyclic) bond motifs is 2. The number of unbranched alkanes of at least 4 members (excludes halogenated alkanes) is 2. The van der Waals surface area contributed by atoms with Crippen molar-refractivity contribution in [3.8, 4) is 0 Å². The van der Waals surface area contributed by atoms with Gasteiger partial charge in [0.1, 0.15) is 18.2 Å². The molecule has 5 atom stereocenters. The minimum atomic E-state index is -0.711. The maximum Gasteiger partial charge on any atom is 0.248 e. The van der Waals surface area contributed by atoms with Gasteiger partial charge in [-0.1, -0.05) is 36.4 Å². The third kappa shape index (κ3) is 5.39. The van der Waals surface area contributed by atoms with E-state index in [9.17, 15) is 19.5 Å². The van der Waals surface area contributed by atoms with Gasteiger partial charge in [-0.2, -0.15) is 0 Å². The molecule has 4 heterocycles. The lowest BCUT2D eigenvalue weighted by Gasteiger charge is -2.38. The minimum Gasteiger partial charge on any atom is -0.396 e. The smallest absolute Gasteiger partial charge is 0.248 e. The van der Waals surface area contributed by atoms with E-state index in [2.05, 4.69) is 30.4 Å². The number of carbonyl (C=O) groups is 3. The van der Waals surface area contributed by atoms with Gasteiger partial charge in [0, 0.05) is 37.5 Å². The Morgan fingerprint density at radius 3 is 2.58 bits per heavy atom. The molecule has 3 aliphatic rings. The molecule has 2 unspecified atom stereocenters. The number of aliphatic hydroxyl groups excluding tert-OH is 1.